The van der Waals surface area contributed by atoms with Crippen molar-refractivity contribution in [2.75, 3.05) is 25.9 Å². The Labute approximate surface area is 206 Å². The molecule has 0 aliphatic carbocycles. The Hall–Kier alpha value is -4.04. The second-order valence-corrected chi connectivity index (χ2v) is 8.80. The molecule has 1 aliphatic heterocycles. The van der Waals surface area contributed by atoms with Crippen LogP contribution in [0.15, 0.2) is 60.8 Å². The molecule has 176 valence electrons. The zero-order chi connectivity index (χ0) is 24.5. The molecular weight excluding hydrogens is 466 g/mol. The quantitative estimate of drug-likeness (QED) is 0.419. The van der Waals surface area contributed by atoms with Gasteiger partial charge in [0, 0.05) is 36.3 Å². The second-order valence-electron chi connectivity index (χ2n) is 8.40. The van der Waals surface area contributed by atoms with E-state index in [0.29, 0.717) is 40.5 Å². The van der Waals surface area contributed by atoms with Crippen LogP contribution in [-0.4, -0.2) is 51.9 Å². The summed E-state index contributed by atoms with van der Waals surface area (Å²) in [5.41, 5.74) is 9.10. The molecule has 1 saturated heterocycles. The molecule has 9 heteroatoms. The van der Waals surface area contributed by atoms with Gasteiger partial charge in [-0.1, -0.05) is 48.0 Å². The van der Waals surface area contributed by atoms with E-state index in [1.165, 1.54) is 0 Å². The summed E-state index contributed by atoms with van der Waals surface area (Å²) in [4.78, 5) is 40.2. The third-order valence-electron chi connectivity index (χ3n) is 6.05. The topological polar surface area (TPSA) is 111 Å². The SMILES string of the molecule is CN1CCC(COC(=O)c2nc(-c3cc(Cl)c4ncccc4c3)c(-c3ccccc3)nc2N)C1=O. The van der Waals surface area contributed by atoms with E-state index in [1.54, 1.807) is 24.2 Å². The largest absolute Gasteiger partial charge is 0.460 e. The predicted octanol–water partition coefficient (Wildman–Crippen LogP) is 4.23. The third kappa shape index (κ3) is 4.40. The highest BCUT2D eigenvalue weighted by molar-refractivity contribution is 6.35. The Kier molecular flexibility index (Phi) is 6.05. The van der Waals surface area contributed by atoms with Crippen molar-refractivity contribution in [3.05, 3.63) is 71.5 Å². The number of nitrogens with zero attached hydrogens (tertiary/aromatic N) is 4. The maximum absolute atomic E-state index is 13.0. The van der Waals surface area contributed by atoms with E-state index in [-0.39, 0.29) is 29.9 Å². The summed E-state index contributed by atoms with van der Waals surface area (Å²) in [6.07, 6.45) is 2.30. The second kappa shape index (κ2) is 9.31. The number of hydrogen-bond donors (Lipinski definition) is 1. The van der Waals surface area contributed by atoms with Crippen LogP contribution >= 0.6 is 11.6 Å². The van der Waals surface area contributed by atoms with Crippen molar-refractivity contribution in [3.8, 4) is 22.5 Å². The number of rotatable bonds is 5. The molecule has 0 radical (unpaired) electrons. The Balaban J connectivity index is 1.57. The molecule has 0 saturated carbocycles. The van der Waals surface area contributed by atoms with Crippen molar-refractivity contribution < 1.29 is 14.3 Å². The fourth-order valence-electron chi connectivity index (χ4n) is 4.18. The molecule has 5 rings (SSSR count). The fraction of sp³-hybridized carbons (Fsp3) is 0.192. The van der Waals surface area contributed by atoms with E-state index in [0.717, 1.165) is 10.9 Å². The number of benzene rings is 2. The van der Waals surface area contributed by atoms with Gasteiger partial charge in [-0.15, -0.1) is 0 Å². The molecule has 1 amide bonds. The van der Waals surface area contributed by atoms with Gasteiger partial charge in [0.05, 0.1) is 27.8 Å². The summed E-state index contributed by atoms with van der Waals surface area (Å²) in [5, 5.41) is 1.27. The number of carbonyl (C=O) groups is 2. The molecule has 3 heterocycles. The number of fused-ring (bicyclic) bond motifs is 1. The molecule has 1 aliphatic rings. The molecule has 2 N–H and O–H groups in total. The van der Waals surface area contributed by atoms with E-state index < -0.39 is 5.97 Å². The number of esters is 1. The van der Waals surface area contributed by atoms with Crippen LogP contribution in [0.25, 0.3) is 33.4 Å². The van der Waals surface area contributed by atoms with Crippen LogP contribution in [0.4, 0.5) is 5.82 Å². The summed E-state index contributed by atoms with van der Waals surface area (Å²) < 4.78 is 5.44. The average Bonchev–Trinajstić information content (AvgIpc) is 3.20. The summed E-state index contributed by atoms with van der Waals surface area (Å²) in [6.45, 7) is 0.600. The first kappa shape index (κ1) is 22.7. The Morgan fingerprint density at radius 3 is 2.63 bits per heavy atom. The number of aromatic nitrogens is 3. The zero-order valence-electron chi connectivity index (χ0n) is 18.9. The molecule has 1 unspecified atom stereocenters. The Morgan fingerprint density at radius 2 is 1.89 bits per heavy atom. The van der Waals surface area contributed by atoms with Gasteiger partial charge in [0.15, 0.2) is 11.5 Å². The minimum absolute atomic E-state index is 0.0353. The number of pyridine rings is 1. The number of likely N-dealkylation sites (tertiary alicyclic amines) is 1. The molecule has 1 atom stereocenters. The van der Waals surface area contributed by atoms with E-state index >= 15 is 0 Å². The minimum atomic E-state index is -0.730. The van der Waals surface area contributed by atoms with E-state index in [9.17, 15) is 9.59 Å². The first-order chi connectivity index (χ1) is 16.9. The number of ether oxygens (including phenoxy) is 1. The number of hydrogen-bond acceptors (Lipinski definition) is 7. The summed E-state index contributed by atoms with van der Waals surface area (Å²) in [6, 6.07) is 16.8. The lowest BCUT2D eigenvalue weighted by atomic mass is 10.0. The standard InChI is InChI=1S/C26H22ClN5O3/c1-32-11-9-17(25(32)33)14-35-26(34)23-24(28)31-21(15-6-3-2-4-7-15)22(30-23)18-12-16-8-5-10-29-20(16)19(27)13-18/h2-8,10,12-13,17H,9,11,14H2,1H3,(H2,28,31). The summed E-state index contributed by atoms with van der Waals surface area (Å²) in [5.74, 6) is -1.20. The highest BCUT2D eigenvalue weighted by Crippen LogP contribution is 2.35. The maximum Gasteiger partial charge on any atom is 0.360 e. The first-order valence-corrected chi connectivity index (χ1v) is 11.5. The third-order valence-corrected chi connectivity index (χ3v) is 6.34. The van der Waals surface area contributed by atoms with Gasteiger partial charge in [-0.3, -0.25) is 9.78 Å². The lowest BCUT2D eigenvalue weighted by Crippen LogP contribution is -2.26. The number of nitrogen functional groups attached to an aromatic ring is 1. The average molecular weight is 488 g/mol. The molecule has 4 aromatic rings. The van der Waals surface area contributed by atoms with Crippen molar-refractivity contribution in [3.63, 3.8) is 0 Å². The summed E-state index contributed by atoms with van der Waals surface area (Å²) in [7, 11) is 1.73. The molecule has 0 bridgehead atoms. The Bertz CT molecular complexity index is 1440. The highest BCUT2D eigenvalue weighted by atomic mass is 35.5. The van der Waals surface area contributed by atoms with Crippen LogP contribution in [-0.2, 0) is 9.53 Å². The van der Waals surface area contributed by atoms with E-state index in [2.05, 4.69) is 15.0 Å². The van der Waals surface area contributed by atoms with Gasteiger partial charge >= 0.3 is 5.97 Å². The van der Waals surface area contributed by atoms with E-state index in [1.807, 2.05) is 48.5 Å². The number of anilines is 1. The van der Waals surface area contributed by atoms with Gasteiger partial charge in [0.1, 0.15) is 6.61 Å². The van der Waals surface area contributed by atoms with Crippen LogP contribution in [0.1, 0.15) is 16.9 Å². The van der Waals surface area contributed by atoms with Gasteiger partial charge in [-0.05, 0) is 24.6 Å². The number of amides is 1. The number of halogens is 1. The fourth-order valence-corrected chi connectivity index (χ4v) is 4.45. The molecule has 2 aromatic heterocycles. The summed E-state index contributed by atoms with van der Waals surface area (Å²) >= 11 is 6.53. The Morgan fingerprint density at radius 1 is 1.11 bits per heavy atom. The van der Waals surface area contributed by atoms with Crippen molar-refractivity contribution >= 4 is 40.2 Å². The molecule has 8 nitrogen and oxygen atoms in total. The zero-order valence-corrected chi connectivity index (χ0v) is 19.7. The normalized spacial score (nSPS) is 15.5. The lowest BCUT2D eigenvalue weighted by Gasteiger charge is -2.15. The monoisotopic (exact) mass is 487 g/mol. The minimum Gasteiger partial charge on any atom is -0.460 e. The van der Waals surface area contributed by atoms with Crippen LogP contribution < -0.4 is 5.73 Å². The maximum atomic E-state index is 13.0. The van der Waals surface area contributed by atoms with Crippen LogP contribution in [0, 0.1) is 5.92 Å². The van der Waals surface area contributed by atoms with Crippen LogP contribution in [0.5, 0.6) is 0 Å². The van der Waals surface area contributed by atoms with Gasteiger partial charge in [-0.2, -0.15) is 0 Å². The molecule has 1 fully saturated rings. The van der Waals surface area contributed by atoms with Gasteiger partial charge in [0.2, 0.25) is 5.91 Å². The highest BCUT2D eigenvalue weighted by Gasteiger charge is 2.31. The van der Waals surface area contributed by atoms with Gasteiger partial charge < -0.3 is 15.4 Å². The number of nitrogens with two attached hydrogens (primary N) is 1. The first-order valence-electron chi connectivity index (χ1n) is 11.1. The number of carbonyl (C=O) groups excluding carboxylic acids is 2. The smallest absolute Gasteiger partial charge is 0.360 e. The van der Waals surface area contributed by atoms with Crippen molar-refractivity contribution in [1.82, 2.24) is 19.9 Å². The molecule has 35 heavy (non-hydrogen) atoms. The lowest BCUT2D eigenvalue weighted by molar-refractivity contribution is -0.130. The molecule has 2 aromatic carbocycles. The van der Waals surface area contributed by atoms with Crippen LogP contribution in [0.3, 0.4) is 0 Å². The van der Waals surface area contributed by atoms with E-state index in [4.69, 9.17) is 22.1 Å². The molecule has 0 spiro atoms. The van der Waals surface area contributed by atoms with Crippen molar-refractivity contribution in [2.45, 2.75) is 6.42 Å². The van der Waals surface area contributed by atoms with Gasteiger partial charge in [-0.25, -0.2) is 14.8 Å². The predicted molar refractivity (Wildman–Crippen MR) is 134 cm³/mol. The van der Waals surface area contributed by atoms with Gasteiger partial charge in [0.25, 0.3) is 0 Å². The van der Waals surface area contributed by atoms with Crippen molar-refractivity contribution in [2.24, 2.45) is 5.92 Å². The van der Waals surface area contributed by atoms with Crippen LogP contribution in [0.2, 0.25) is 5.02 Å². The van der Waals surface area contributed by atoms with Crippen molar-refractivity contribution in [1.29, 1.82) is 0 Å². The molecular formula is C26H22ClN5O3.